The number of nitrogen functional groups attached to an aromatic ring is 1. The summed E-state index contributed by atoms with van der Waals surface area (Å²) in [5.41, 5.74) is 5.89. The van der Waals surface area contributed by atoms with Gasteiger partial charge >= 0.3 is 0 Å². The molecular formula is C14H21F2N3. The van der Waals surface area contributed by atoms with Crippen LogP contribution in [0.4, 0.5) is 20.2 Å². The van der Waals surface area contributed by atoms with Crippen LogP contribution in [0.3, 0.4) is 0 Å². The van der Waals surface area contributed by atoms with Gasteiger partial charge in [-0.15, -0.1) is 0 Å². The second kappa shape index (κ2) is 6.19. The van der Waals surface area contributed by atoms with Crippen LogP contribution < -0.4 is 11.1 Å². The molecule has 3 nitrogen and oxygen atoms in total. The Balaban J connectivity index is 1.83. The Hall–Kier alpha value is -1.36. The quantitative estimate of drug-likeness (QED) is 0.826. The van der Waals surface area contributed by atoms with Crippen molar-refractivity contribution in [1.29, 1.82) is 0 Å². The molecule has 0 aromatic heterocycles. The van der Waals surface area contributed by atoms with Crippen molar-refractivity contribution >= 4 is 11.4 Å². The maximum Gasteiger partial charge on any atom is 0.151 e. The third-order valence-corrected chi connectivity index (χ3v) is 3.71. The van der Waals surface area contributed by atoms with Gasteiger partial charge in [0.1, 0.15) is 5.82 Å². The monoisotopic (exact) mass is 269 g/mol. The van der Waals surface area contributed by atoms with Gasteiger partial charge in [-0.2, -0.15) is 0 Å². The lowest BCUT2D eigenvalue weighted by Gasteiger charge is -2.30. The zero-order chi connectivity index (χ0) is 13.8. The number of rotatable bonds is 4. The first-order valence-electron chi connectivity index (χ1n) is 6.77. The highest BCUT2D eigenvalue weighted by atomic mass is 19.1. The topological polar surface area (TPSA) is 41.3 Å². The molecule has 0 unspecified atom stereocenters. The molecule has 1 aromatic carbocycles. The Morgan fingerprint density at radius 2 is 2.00 bits per heavy atom. The van der Waals surface area contributed by atoms with Crippen LogP contribution in [0.2, 0.25) is 0 Å². The van der Waals surface area contributed by atoms with E-state index < -0.39 is 11.6 Å². The zero-order valence-electron chi connectivity index (χ0n) is 11.3. The molecule has 0 aliphatic carbocycles. The van der Waals surface area contributed by atoms with Crippen molar-refractivity contribution in [3.8, 4) is 0 Å². The van der Waals surface area contributed by atoms with Gasteiger partial charge in [0.15, 0.2) is 5.82 Å². The molecule has 1 heterocycles. The smallest absolute Gasteiger partial charge is 0.151 e. The van der Waals surface area contributed by atoms with Gasteiger partial charge in [-0.1, -0.05) is 6.92 Å². The molecule has 1 fully saturated rings. The highest BCUT2D eigenvalue weighted by Gasteiger charge is 2.15. The summed E-state index contributed by atoms with van der Waals surface area (Å²) in [6.45, 7) is 5.96. The minimum absolute atomic E-state index is 0.0198. The minimum Gasteiger partial charge on any atom is -0.395 e. The van der Waals surface area contributed by atoms with Gasteiger partial charge in [0, 0.05) is 19.2 Å². The first-order valence-corrected chi connectivity index (χ1v) is 6.77. The molecule has 106 valence electrons. The number of hydrogen-bond donors (Lipinski definition) is 2. The molecule has 0 saturated carbocycles. The van der Waals surface area contributed by atoms with Crippen molar-refractivity contribution < 1.29 is 8.78 Å². The average Bonchev–Trinajstić information content (AvgIpc) is 2.37. The van der Waals surface area contributed by atoms with Crippen molar-refractivity contribution in [3.63, 3.8) is 0 Å². The van der Waals surface area contributed by atoms with Crippen LogP contribution in [0, 0.1) is 17.6 Å². The molecule has 0 radical (unpaired) electrons. The lowest BCUT2D eigenvalue weighted by Crippen LogP contribution is -2.36. The number of nitrogens with two attached hydrogens (primary N) is 1. The van der Waals surface area contributed by atoms with E-state index in [-0.39, 0.29) is 5.69 Å². The predicted molar refractivity (Wildman–Crippen MR) is 74.1 cm³/mol. The fourth-order valence-corrected chi connectivity index (χ4v) is 2.37. The van der Waals surface area contributed by atoms with E-state index in [1.54, 1.807) is 0 Å². The largest absolute Gasteiger partial charge is 0.395 e. The fraction of sp³-hybridized carbons (Fsp3) is 0.571. The number of nitrogens with zero attached hydrogens (tertiary/aromatic N) is 1. The van der Waals surface area contributed by atoms with Crippen LogP contribution in [0.25, 0.3) is 0 Å². The maximum absolute atomic E-state index is 13.2. The van der Waals surface area contributed by atoms with Gasteiger partial charge in [-0.3, -0.25) is 0 Å². The van der Waals surface area contributed by atoms with Crippen molar-refractivity contribution in [1.82, 2.24) is 4.90 Å². The SMILES string of the molecule is CC1CCN(CCNc2cc(F)cc(F)c2N)CC1. The standard InChI is InChI=1S/C14H21F2N3/c1-10-2-5-19(6-3-10)7-4-18-13-9-11(15)8-12(16)14(13)17/h8-10,18H,2-7,17H2,1H3. The number of anilines is 2. The van der Waals surface area contributed by atoms with Crippen LogP contribution in [-0.2, 0) is 0 Å². The van der Waals surface area contributed by atoms with E-state index in [0.717, 1.165) is 31.6 Å². The fourth-order valence-electron chi connectivity index (χ4n) is 2.37. The number of halogens is 2. The highest BCUT2D eigenvalue weighted by molar-refractivity contribution is 5.66. The van der Waals surface area contributed by atoms with E-state index in [9.17, 15) is 8.78 Å². The third kappa shape index (κ3) is 3.80. The number of benzene rings is 1. The Morgan fingerprint density at radius 1 is 1.32 bits per heavy atom. The van der Waals surface area contributed by atoms with Crippen LogP contribution >= 0.6 is 0 Å². The van der Waals surface area contributed by atoms with E-state index in [0.29, 0.717) is 12.2 Å². The summed E-state index contributed by atoms with van der Waals surface area (Å²) >= 11 is 0. The molecule has 0 bridgehead atoms. The summed E-state index contributed by atoms with van der Waals surface area (Å²) in [5.74, 6) is -0.521. The molecule has 3 N–H and O–H groups in total. The molecule has 5 heteroatoms. The maximum atomic E-state index is 13.2. The average molecular weight is 269 g/mol. The van der Waals surface area contributed by atoms with Gasteiger partial charge in [-0.05, 0) is 37.9 Å². The van der Waals surface area contributed by atoms with Crippen LogP contribution in [-0.4, -0.2) is 31.1 Å². The van der Waals surface area contributed by atoms with Crippen molar-refractivity contribution in [2.45, 2.75) is 19.8 Å². The first-order chi connectivity index (χ1) is 9.06. The predicted octanol–water partition coefficient (Wildman–Crippen LogP) is 2.69. The molecule has 1 aromatic rings. The number of nitrogens with one attached hydrogen (secondary N) is 1. The summed E-state index contributed by atoms with van der Waals surface area (Å²) < 4.78 is 26.3. The molecule has 0 atom stereocenters. The Morgan fingerprint density at radius 3 is 2.68 bits per heavy atom. The second-order valence-electron chi connectivity index (χ2n) is 5.30. The highest BCUT2D eigenvalue weighted by Crippen LogP contribution is 2.23. The normalized spacial score (nSPS) is 17.6. The Bertz CT molecular complexity index is 429. The lowest BCUT2D eigenvalue weighted by atomic mass is 9.99. The van der Waals surface area contributed by atoms with Gasteiger partial charge in [0.2, 0.25) is 0 Å². The molecule has 2 rings (SSSR count). The van der Waals surface area contributed by atoms with Gasteiger partial charge in [0.05, 0.1) is 11.4 Å². The van der Waals surface area contributed by atoms with E-state index >= 15 is 0 Å². The van der Waals surface area contributed by atoms with E-state index in [1.165, 1.54) is 18.9 Å². The summed E-state index contributed by atoms with van der Waals surface area (Å²) in [4.78, 5) is 2.36. The van der Waals surface area contributed by atoms with Gasteiger partial charge < -0.3 is 16.0 Å². The summed E-state index contributed by atoms with van der Waals surface area (Å²) in [6, 6.07) is 2.03. The van der Waals surface area contributed by atoms with Crippen molar-refractivity contribution in [3.05, 3.63) is 23.8 Å². The molecule has 0 amide bonds. The Kier molecular flexibility index (Phi) is 4.58. The van der Waals surface area contributed by atoms with Gasteiger partial charge in [-0.25, -0.2) is 8.78 Å². The molecule has 1 aliphatic heterocycles. The summed E-state index contributed by atoms with van der Waals surface area (Å²) in [5, 5.41) is 3.01. The number of piperidine rings is 1. The van der Waals surface area contributed by atoms with Crippen LogP contribution in [0.5, 0.6) is 0 Å². The van der Waals surface area contributed by atoms with Crippen LogP contribution in [0.1, 0.15) is 19.8 Å². The molecular weight excluding hydrogens is 248 g/mol. The molecule has 1 saturated heterocycles. The van der Waals surface area contributed by atoms with E-state index in [1.807, 2.05) is 0 Å². The second-order valence-corrected chi connectivity index (χ2v) is 5.30. The molecule has 19 heavy (non-hydrogen) atoms. The summed E-state index contributed by atoms with van der Waals surface area (Å²) in [6.07, 6.45) is 2.44. The van der Waals surface area contributed by atoms with Crippen molar-refractivity contribution in [2.75, 3.05) is 37.2 Å². The summed E-state index contributed by atoms with van der Waals surface area (Å²) in [7, 11) is 0. The number of hydrogen-bond acceptors (Lipinski definition) is 3. The molecule has 1 aliphatic rings. The van der Waals surface area contributed by atoms with E-state index in [4.69, 9.17) is 5.73 Å². The van der Waals surface area contributed by atoms with Crippen LogP contribution in [0.15, 0.2) is 12.1 Å². The zero-order valence-corrected chi connectivity index (χ0v) is 11.3. The third-order valence-electron chi connectivity index (χ3n) is 3.71. The molecule has 0 spiro atoms. The van der Waals surface area contributed by atoms with Crippen molar-refractivity contribution in [2.24, 2.45) is 5.92 Å². The Labute approximate surface area is 112 Å². The number of likely N-dealkylation sites (tertiary alicyclic amines) is 1. The minimum atomic E-state index is -0.714. The van der Waals surface area contributed by atoms with Gasteiger partial charge in [0.25, 0.3) is 0 Å². The first kappa shape index (κ1) is 14.1. The van der Waals surface area contributed by atoms with E-state index in [2.05, 4.69) is 17.1 Å². The lowest BCUT2D eigenvalue weighted by molar-refractivity contribution is 0.199.